The summed E-state index contributed by atoms with van der Waals surface area (Å²) in [5.41, 5.74) is 14.1. The van der Waals surface area contributed by atoms with E-state index in [1.807, 2.05) is 0 Å². The third kappa shape index (κ3) is 5.62. The molecule has 0 radical (unpaired) electrons. The van der Waals surface area contributed by atoms with Gasteiger partial charge in [0, 0.05) is 33.4 Å². The molecule has 9 aromatic carbocycles. The van der Waals surface area contributed by atoms with Gasteiger partial charge in [0.15, 0.2) is 0 Å². The van der Waals surface area contributed by atoms with Crippen molar-refractivity contribution in [1.82, 2.24) is 4.57 Å². The summed E-state index contributed by atoms with van der Waals surface area (Å²) in [6.07, 6.45) is 0. The van der Waals surface area contributed by atoms with Crippen molar-refractivity contribution < 1.29 is 0 Å². The first-order valence-corrected chi connectivity index (χ1v) is 18.5. The van der Waals surface area contributed by atoms with Crippen LogP contribution in [0.25, 0.3) is 71.6 Å². The number of benzene rings is 9. The molecule has 10 aromatic rings. The van der Waals surface area contributed by atoms with E-state index < -0.39 is 0 Å². The van der Waals surface area contributed by atoms with Crippen LogP contribution in [0.5, 0.6) is 0 Å². The smallest absolute Gasteiger partial charge is 0.0541 e. The fraction of sp³-hybridized carbons (Fsp3) is 0. The van der Waals surface area contributed by atoms with Crippen LogP contribution in [0.2, 0.25) is 0 Å². The minimum absolute atomic E-state index is 1.10. The summed E-state index contributed by atoms with van der Waals surface area (Å²) in [5.74, 6) is 0. The molecule has 0 aliphatic rings. The molecule has 2 nitrogen and oxygen atoms in total. The third-order valence-corrected chi connectivity index (χ3v) is 10.6. The minimum atomic E-state index is 1.10. The lowest BCUT2D eigenvalue weighted by Gasteiger charge is -2.28. The summed E-state index contributed by atoms with van der Waals surface area (Å²) in [5, 5.41) is 5.05. The van der Waals surface area contributed by atoms with Gasteiger partial charge in [-0.15, -0.1) is 0 Å². The second-order valence-electron chi connectivity index (χ2n) is 13.8. The van der Waals surface area contributed by atoms with Gasteiger partial charge in [-0.3, -0.25) is 0 Å². The van der Waals surface area contributed by atoms with Crippen molar-refractivity contribution in [2.24, 2.45) is 0 Å². The zero-order valence-electron chi connectivity index (χ0n) is 29.7. The quantitative estimate of drug-likeness (QED) is 0.162. The van der Waals surface area contributed by atoms with Crippen LogP contribution in [-0.2, 0) is 0 Å². The van der Waals surface area contributed by atoms with Crippen molar-refractivity contribution in [2.45, 2.75) is 0 Å². The van der Waals surface area contributed by atoms with E-state index in [-0.39, 0.29) is 0 Å². The second-order valence-corrected chi connectivity index (χ2v) is 13.8. The summed E-state index contributed by atoms with van der Waals surface area (Å²) in [6.45, 7) is 0. The van der Waals surface area contributed by atoms with Gasteiger partial charge in [-0.05, 0) is 99.3 Å². The molecule has 254 valence electrons. The van der Waals surface area contributed by atoms with E-state index in [4.69, 9.17) is 0 Å². The highest BCUT2D eigenvalue weighted by Gasteiger charge is 2.18. The zero-order chi connectivity index (χ0) is 35.8. The fourth-order valence-corrected chi connectivity index (χ4v) is 7.94. The minimum Gasteiger partial charge on any atom is -0.310 e. The lowest BCUT2D eigenvalue weighted by atomic mass is 9.99. The van der Waals surface area contributed by atoms with Gasteiger partial charge in [0.2, 0.25) is 0 Å². The van der Waals surface area contributed by atoms with Crippen molar-refractivity contribution in [3.8, 4) is 39.1 Å². The average molecular weight is 689 g/mol. The van der Waals surface area contributed by atoms with Crippen LogP contribution in [0.3, 0.4) is 0 Å². The lowest BCUT2D eigenvalue weighted by Crippen LogP contribution is -2.11. The molecule has 10 rings (SSSR count). The van der Waals surface area contributed by atoms with Gasteiger partial charge in [-0.25, -0.2) is 0 Å². The average Bonchev–Trinajstić information content (AvgIpc) is 3.59. The Morgan fingerprint density at radius 3 is 1.44 bits per heavy atom. The number of hydrogen-bond donors (Lipinski definition) is 0. The Morgan fingerprint density at radius 2 is 0.796 bits per heavy atom. The normalized spacial score (nSPS) is 11.3. The Bertz CT molecular complexity index is 2850. The lowest BCUT2D eigenvalue weighted by molar-refractivity contribution is 1.18. The predicted molar refractivity (Wildman–Crippen MR) is 229 cm³/mol. The molecule has 0 amide bonds. The van der Waals surface area contributed by atoms with E-state index in [0.29, 0.717) is 0 Å². The highest BCUT2D eigenvalue weighted by Crippen LogP contribution is 2.42. The summed E-state index contributed by atoms with van der Waals surface area (Å²) in [7, 11) is 0. The molecule has 2 heteroatoms. The molecule has 0 atom stereocenters. The maximum atomic E-state index is 2.38. The number of anilines is 3. The van der Waals surface area contributed by atoms with Gasteiger partial charge < -0.3 is 9.47 Å². The molecule has 0 aliphatic carbocycles. The topological polar surface area (TPSA) is 8.17 Å². The van der Waals surface area contributed by atoms with E-state index in [9.17, 15) is 0 Å². The van der Waals surface area contributed by atoms with Crippen LogP contribution >= 0.6 is 0 Å². The van der Waals surface area contributed by atoms with Crippen molar-refractivity contribution >= 4 is 49.6 Å². The van der Waals surface area contributed by atoms with Crippen LogP contribution in [0.4, 0.5) is 17.1 Å². The Balaban J connectivity index is 1.02. The van der Waals surface area contributed by atoms with Gasteiger partial charge in [0.05, 0.1) is 16.7 Å². The van der Waals surface area contributed by atoms with Crippen LogP contribution in [-0.4, -0.2) is 4.57 Å². The van der Waals surface area contributed by atoms with E-state index in [0.717, 1.165) is 22.7 Å². The summed E-state index contributed by atoms with van der Waals surface area (Å²) >= 11 is 0. The third-order valence-electron chi connectivity index (χ3n) is 10.6. The van der Waals surface area contributed by atoms with Gasteiger partial charge in [-0.1, -0.05) is 158 Å². The molecule has 0 aliphatic heterocycles. The van der Waals surface area contributed by atoms with E-state index >= 15 is 0 Å². The number of aromatic nitrogens is 1. The predicted octanol–water partition coefficient (Wildman–Crippen LogP) is 14.4. The van der Waals surface area contributed by atoms with Crippen molar-refractivity contribution in [3.63, 3.8) is 0 Å². The summed E-state index contributed by atoms with van der Waals surface area (Å²) < 4.78 is 2.37. The number of para-hydroxylation sites is 3. The summed E-state index contributed by atoms with van der Waals surface area (Å²) in [6, 6.07) is 78.8. The second kappa shape index (κ2) is 13.4. The first kappa shape index (κ1) is 31.6. The highest BCUT2D eigenvalue weighted by molar-refractivity contribution is 6.09. The largest absolute Gasteiger partial charge is 0.310 e. The SMILES string of the molecule is c1ccc(-c2ccccc2N(c2ccc(-c3ccc(-n4c5ccccc5c5ccccc54)cc3)cc2)c2ccc(-c3ccc4ccccc4c3)cc2)cc1. The number of hydrogen-bond acceptors (Lipinski definition) is 1. The maximum Gasteiger partial charge on any atom is 0.0541 e. The monoisotopic (exact) mass is 688 g/mol. The molecule has 0 fully saturated rings. The van der Waals surface area contributed by atoms with Gasteiger partial charge in [-0.2, -0.15) is 0 Å². The van der Waals surface area contributed by atoms with E-state index in [2.05, 4.69) is 228 Å². The van der Waals surface area contributed by atoms with Crippen molar-refractivity contribution in [2.75, 3.05) is 4.90 Å². The van der Waals surface area contributed by atoms with Gasteiger partial charge in [0.1, 0.15) is 0 Å². The van der Waals surface area contributed by atoms with Gasteiger partial charge >= 0.3 is 0 Å². The van der Waals surface area contributed by atoms with Crippen LogP contribution in [0, 0.1) is 0 Å². The molecule has 0 saturated carbocycles. The van der Waals surface area contributed by atoms with Gasteiger partial charge in [0.25, 0.3) is 0 Å². The maximum absolute atomic E-state index is 2.38. The summed E-state index contributed by atoms with van der Waals surface area (Å²) in [4.78, 5) is 2.38. The first-order valence-electron chi connectivity index (χ1n) is 18.5. The Hall–Kier alpha value is -7.16. The van der Waals surface area contributed by atoms with Crippen molar-refractivity contribution in [1.29, 1.82) is 0 Å². The molecular formula is C52H36N2. The molecule has 1 heterocycles. The number of fused-ring (bicyclic) bond motifs is 4. The Morgan fingerprint density at radius 1 is 0.315 bits per heavy atom. The molecule has 0 N–H and O–H groups in total. The van der Waals surface area contributed by atoms with E-state index in [1.54, 1.807) is 0 Å². The molecule has 0 spiro atoms. The standard InChI is InChI=1S/C52H36N2/c1-2-13-41(14-3-1)47-16-6-9-19-50(47)53(45-32-28-40(29-33-45)43-23-22-37-12-4-5-15-42(37)36-43)44-30-24-38(25-31-44)39-26-34-46(35-27-39)54-51-20-10-7-17-48(51)49-18-8-11-21-52(49)54/h1-36H. The molecule has 0 unspecified atom stereocenters. The Kier molecular flexibility index (Phi) is 7.85. The fourth-order valence-electron chi connectivity index (χ4n) is 7.94. The molecule has 54 heavy (non-hydrogen) atoms. The first-order chi connectivity index (χ1) is 26.8. The van der Waals surface area contributed by atoms with E-state index in [1.165, 1.54) is 66.0 Å². The number of nitrogens with zero attached hydrogens (tertiary/aromatic N) is 2. The molecule has 0 bridgehead atoms. The van der Waals surface area contributed by atoms with Crippen LogP contribution in [0.1, 0.15) is 0 Å². The van der Waals surface area contributed by atoms with Crippen LogP contribution < -0.4 is 4.90 Å². The molecule has 0 saturated heterocycles. The van der Waals surface area contributed by atoms with Crippen LogP contribution in [0.15, 0.2) is 218 Å². The zero-order valence-corrected chi connectivity index (χ0v) is 29.7. The number of rotatable bonds is 7. The highest BCUT2D eigenvalue weighted by atomic mass is 15.1. The molecule has 1 aromatic heterocycles. The Labute approximate surface area is 315 Å². The molecular weight excluding hydrogens is 653 g/mol. The van der Waals surface area contributed by atoms with Crippen molar-refractivity contribution in [3.05, 3.63) is 218 Å².